The second kappa shape index (κ2) is 7.94. The molecule has 1 aromatic heterocycles. The first kappa shape index (κ1) is 19.0. The summed E-state index contributed by atoms with van der Waals surface area (Å²) < 4.78 is 8.62. The van der Waals surface area contributed by atoms with Gasteiger partial charge in [-0.3, -0.25) is 4.79 Å². The number of benzene rings is 3. The highest BCUT2D eigenvalue weighted by Crippen LogP contribution is 2.27. The van der Waals surface area contributed by atoms with Crippen LogP contribution in [0.1, 0.15) is 24.2 Å². The highest BCUT2D eigenvalue weighted by Gasteiger charge is 2.11. The Kier molecular flexibility index (Phi) is 5.20. The Labute approximate surface area is 173 Å². The fourth-order valence-corrected chi connectivity index (χ4v) is 4.39. The fraction of sp³-hybridized carbons (Fsp3) is 0.167. The SMILES string of the molecule is C#CCn1c(=NC(=O)c2ccc(OC(C)C)cc2)sc2c3ccccc3ccc21. The molecule has 0 aliphatic rings. The molecule has 4 aromatic rings. The standard InChI is InChI=1S/C24H20N2O2S/c1-4-15-26-21-14-11-17-7-5-6-8-20(17)22(21)29-24(26)25-23(27)18-9-12-19(13-10-18)28-16(2)3/h1,5-14,16H,15H2,2-3H3. The summed E-state index contributed by atoms with van der Waals surface area (Å²) in [7, 11) is 0. The number of nitrogens with zero attached hydrogens (tertiary/aromatic N) is 2. The van der Waals surface area contributed by atoms with Gasteiger partial charge in [0.2, 0.25) is 0 Å². The summed E-state index contributed by atoms with van der Waals surface area (Å²) in [6.07, 6.45) is 5.66. The highest BCUT2D eigenvalue weighted by atomic mass is 32.1. The Balaban J connectivity index is 1.80. The largest absolute Gasteiger partial charge is 0.491 e. The second-order valence-corrected chi connectivity index (χ2v) is 7.90. The van der Waals surface area contributed by atoms with Gasteiger partial charge in [-0.2, -0.15) is 4.99 Å². The van der Waals surface area contributed by atoms with Crippen LogP contribution >= 0.6 is 11.3 Å². The molecule has 1 amide bonds. The Morgan fingerprint density at radius 3 is 2.62 bits per heavy atom. The minimum Gasteiger partial charge on any atom is -0.491 e. The fourth-order valence-electron chi connectivity index (χ4n) is 3.23. The Hall–Kier alpha value is -3.36. The van der Waals surface area contributed by atoms with Crippen molar-refractivity contribution < 1.29 is 9.53 Å². The minimum atomic E-state index is -0.303. The van der Waals surface area contributed by atoms with Crippen LogP contribution in [0.5, 0.6) is 5.75 Å². The third-order valence-corrected chi connectivity index (χ3v) is 5.62. The van der Waals surface area contributed by atoms with E-state index in [1.807, 2.05) is 36.6 Å². The smallest absolute Gasteiger partial charge is 0.279 e. The zero-order valence-corrected chi connectivity index (χ0v) is 17.1. The van der Waals surface area contributed by atoms with Crippen molar-refractivity contribution in [1.82, 2.24) is 4.57 Å². The summed E-state index contributed by atoms with van der Waals surface area (Å²) in [5.41, 5.74) is 1.49. The third-order valence-electron chi connectivity index (χ3n) is 4.49. The number of terminal acetylenes is 1. The van der Waals surface area contributed by atoms with E-state index in [4.69, 9.17) is 11.2 Å². The van der Waals surface area contributed by atoms with Gasteiger partial charge in [0.05, 0.1) is 22.9 Å². The van der Waals surface area contributed by atoms with Gasteiger partial charge in [-0.05, 0) is 49.6 Å². The summed E-state index contributed by atoms with van der Waals surface area (Å²) >= 11 is 1.48. The van der Waals surface area contributed by atoms with E-state index in [9.17, 15) is 4.79 Å². The number of hydrogen-bond donors (Lipinski definition) is 0. The van der Waals surface area contributed by atoms with E-state index in [-0.39, 0.29) is 12.0 Å². The van der Waals surface area contributed by atoms with Gasteiger partial charge in [-0.15, -0.1) is 6.42 Å². The molecule has 0 saturated heterocycles. The molecule has 0 atom stereocenters. The molecule has 4 nitrogen and oxygen atoms in total. The van der Waals surface area contributed by atoms with E-state index in [1.165, 1.54) is 11.3 Å². The van der Waals surface area contributed by atoms with Crippen molar-refractivity contribution in [3.05, 3.63) is 71.0 Å². The van der Waals surface area contributed by atoms with Gasteiger partial charge in [0.1, 0.15) is 5.75 Å². The first-order chi connectivity index (χ1) is 14.1. The normalized spacial score (nSPS) is 11.9. The Morgan fingerprint density at radius 2 is 1.90 bits per heavy atom. The molecule has 0 saturated carbocycles. The van der Waals surface area contributed by atoms with Gasteiger partial charge in [0.15, 0.2) is 4.80 Å². The molecule has 0 bridgehead atoms. The Bertz CT molecular complexity index is 1300. The van der Waals surface area contributed by atoms with Crippen molar-refractivity contribution >= 4 is 38.2 Å². The van der Waals surface area contributed by atoms with Crippen LogP contribution in [0.15, 0.2) is 65.7 Å². The molecule has 0 N–H and O–H groups in total. The molecule has 144 valence electrons. The molecule has 0 fully saturated rings. The number of fused-ring (bicyclic) bond motifs is 3. The summed E-state index contributed by atoms with van der Waals surface area (Å²) in [6.45, 7) is 4.28. The van der Waals surface area contributed by atoms with Crippen molar-refractivity contribution in [1.29, 1.82) is 0 Å². The van der Waals surface area contributed by atoms with Crippen molar-refractivity contribution in [2.24, 2.45) is 4.99 Å². The third kappa shape index (κ3) is 3.80. The lowest BCUT2D eigenvalue weighted by Crippen LogP contribution is -2.16. The molecular formula is C24H20N2O2S. The molecule has 0 aliphatic heterocycles. The predicted octanol–water partition coefficient (Wildman–Crippen LogP) is 5.02. The highest BCUT2D eigenvalue weighted by molar-refractivity contribution is 7.17. The second-order valence-electron chi connectivity index (χ2n) is 6.92. The van der Waals surface area contributed by atoms with Gasteiger partial charge >= 0.3 is 0 Å². The zero-order chi connectivity index (χ0) is 20.4. The molecule has 3 aromatic carbocycles. The van der Waals surface area contributed by atoms with E-state index < -0.39 is 0 Å². The summed E-state index contributed by atoms with van der Waals surface area (Å²) in [4.78, 5) is 17.8. The van der Waals surface area contributed by atoms with Crippen LogP contribution in [0.2, 0.25) is 0 Å². The van der Waals surface area contributed by atoms with Crippen molar-refractivity contribution in [3.8, 4) is 18.1 Å². The van der Waals surface area contributed by atoms with Crippen LogP contribution in [0.25, 0.3) is 21.0 Å². The summed E-state index contributed by atoms with van der Waals surface area (Å²) in [5, 5.41) is 2.28. The van der Waals surface area contributed by atoms with E-state index in [0.29, 0.717) is 16.9 Å². The van der Waals surface area contributed by atoms with Gasteiger partial charge < -0.3 is 9.30 Å². The number of thiazole rings is 1. The number of hydrogen-bond acceptors (Lipinski definition) is 3. The lowest BCUT2D eigenvalue weighted by molar-refractivity contribution is 0.0998. The zero-order valence-electron chi connectivity index (χ0n) is 16.3. The topological polar surface area (TPSA) is 43.6 Å². The number of aromatic nitrogens is 1. The molecule has 0 unspecified atom stereocenters. The van der Waals surface area contributed by atoms with Crippen LogP contribution in [-0.4, -0.2) is 16.6 Å². The molecule has 0 spiro atoms. The molecular weight excluding hydrogens is 380 g/mol. The van der Waals surface area contributed by atoms with E-state index in [2.05, 4.69) is 29.1 Å². The van der Waals surface area contributed by atoms with E-state index in [1.54, 1.807) is 24.3 Å². The monoisotopic (exact) mass is 400 g/mol. The van der Waals surface area contributed by atoms with Gasteiger partial charge in [-0.1, -0.05) is 47.6 Å². The van der Waals surface area contributed by atoms with E-state index in [0.717, 1.165) is 26.7 Å². The summed E-state index contributed by atoms with van der Waals surface area (Å²) in [6, 6.07) is 19.3. The summed E-state index contributed by atoms with van der Waals surface area (Å²) in [5.74, 6) is 3.10. The maximum absolute atomic E-state index is 12.8. The van der Waals surface area contributed by atoms with Crippen LogP contribution in [0.3, 0.4) is 0 Å². The quantitative estimate of drug-likeness (QED) is 0.452. The number of carbonyl (C=O) groups is 1. The molecule has 29 heavy (non-hydrogen) atoms. The van der Waals surface area contributed by atoms with Crippen molar-refractivity contribution in [3.63, 3.8) is 0 Å². The molecule has 5 heteroatoms. The minimum absolute atomic E-state index is 0.0809. The Morgan fingerprint density at radius 1 is 1.14 bits per heavy atom. The molecule has 0 radical (unpaired) electrons. The van der Waals surface area contributed by atoms with Gasteiger partial charge in [0, 0.05) is 10.9 Å². The van der Waals surface area contributed by atoms with Gasteiger partial charge in [-0.25, -0.2) is 0 Å². The number of rotatable bonds is 4. The van der Waals surface area contributed by atoms with Crippen molar-refractivity contribution in [2.75, 3.05) is 0 Å². The van der Waals surface area contributed by atoms with Crippen molar-refractivity contribution in [2.45, 2.75) is 26.5 Å². The number of ether oxygens (including phenoxy) is 1. The average Bonchev–Trinajstić information content (AvgIpc) is 3.06. The first-order valence-electron chi connectivity index (χ1n) is 9.37. The number of carbonyl (C=O) groups excluding carboxylic acids is 1. The molecule has 1 heterocycles. The molecule has 4 rings (SSSR count). The predicted molar refractivity (Wildman–Crippen MR) is 118 cm³/mol. The maximum atomic E-state index is 12.8. The van der Waals surface area contributed by atoms with E-state index >= 15 is 0 Å². The maximum Gasteiger partial charge on any atom is 0.279 e. The lowest BCUT2D eigenvalue weighted by atomic mass is 10.1. The average molecular weight is 401 g/mol. The van der Waals surface area contributed by atoms with Crippen LogP contribution in [0.4, 0.5) is 0 Å². The molecule has 0 aliphatic carbocycles. The number of amides is 1. The van der Waals surface area contributed by atoms with Crippen LogP contribution in [0, 0.1) is 12.3 Å². The van der Waals surface area contributed by atoms with Gasteiger partial charge in [0.25, 0.3) is 5.91 Å². The first-order valence-corrected chi connectivity index (χ1v) is 10.2. The van der Waals surface area contributed by atoms with Crippen LogP contribution in [-0.2, 0) is 6.54 Å². The van der Waals surface area contributed by atoms with Crippen LogP contribution < -0.4 is 9.54 Å². The lowest BCUT2D eigenvalue weighted by Gasteiger charge is -2.09.